The molecule has 8 heteroatoms. The smallest absolute Gasteiger partial charge is 0.304 e. The molecule has 0 spiro atoms. The fourth-order valence-corrected chi connectivity index (χ4v) is 3.06. The lowest BCUT2D eigenvalue weighted by atomic mass is 10.2. The normalized spacial score (nSPS) is 17.7. The first-order valence-electron chi connectivity index (χ1n) is 6.43. The molecule has 0 aliphatic carbocycles. The zero-order chi connectivity index (χ0) is 15.5. The van der Waals surface area contributed by atoms with Crippen molar-refractivity contribution in [1.82, 2.24) is 4.31 Å². The summed E-state index contributed by atoms with van der Waals surface area (Å²) >= 11 is 0. The lowest BCUT2D eigenvalue weighted by Gasteiger charge is -2.29. The summed E-state index contributed by atoms with van der Waals surface area (Å²) in [4.78, 5) is 10.5. The van der Waals surface area contributed by atoms with Gasteiger partial charge < -0.3 is 14.6 Å². The van der Waals surface area contributed by atoms with E-state index in [1.165, 1.54) is 7.05 Å². The molecule has 0 bridgehead atoms. The summed E-state index contributed by atoms with van der Waals surface area (Å²) in [6.45, 7) is 0.353. The molecule has 0 saturated carbocycles. The monoisotopic (exact) mass is 315 g/mol. The van der Waals surface area contributed by atoms with Gasteiger partial charge in [-0.15, -0.1) is 0 Å². The fraction of sp³-hybridized carbons (Fsp3) is 0.462. The Labute approximate surface area is 123 Å². The summed E-state index contributed by atoms with van der Waals surface area (Å²) in [7, 11) is -2.21. The van der Waals surface area contributed by atoms with E-state index >= 15 is 0 Å². The van der Waals surface area contributed by atoms with Crippen LogP contribution in [0, 0.1) is 0 Å². The van der Waals surface area contributed by atoms with Crippen LogP contribution in [0.25, 0.3) is 0 Å². The molecule has 2 rings (SSSR count). The zero-order valence-corrected chi connectivity index (χ0v) is 12.4. The van der Waals surface area contributed by atoms with Crippen LogP contribution in [-0.2, 0) is 14.8 Å². The Morgan fingerprint density at radius 1 is 1.38 bits per heavy atom. The SMILES string of the molecule is CN(CC1COc2ccccc2O1)S(=O)(=O)CCC(=O)O. The van der Waals surface area contributed by atoms with E-state index in [2.05, 4.69) is 0 Å². The molecule has 0 fully saturated rings. The lowest BCUT2D eigenvalue weighted by molar-refractivity contribution is -0.136. The first-order chi connectivity index (χ1) is 9.88. The van der Waals surface area contributed by atoms with Crippen molar-refractivity contribution in [2.75, 3.05) is 26.0 Å². The number of likely N-dealkylation sites (N-methyl/N-ethyl adjacent to an activating group) is 1. The molecule has 7 nitrogen and oxygen atoms in total. The van der Waals surface area contributed by atoms with Gasteiger partial charge in [0.1, 0.15) is 12.7 Å². The zero-order valence-electron chi connectivity index (χ0n) is 11.6. The van der Waals surface area contributed by atoms with Gasteiger partial charge in [0.2, 0.25) is 10.0 Å². The molecule has 0 amide bonds. The number of rotatable bonds is 6. The molecule has 21 heavy (non-hydrogen) atoms. The summed E-state index contributed by atoms with van der Waals surface area (Å²) in [6.07, 6.45) is -0.846. The average molecular weight is 315 g/mol. The molecule has 1 aliphatic rings. The van der Waals surface area contributed by atoms with Crippen LogP contribution in [-0.4, -0.2) is 55.9 Å². The Balaban J connectivity index is 1.95. The number of para-hydroxylation sites is 2. The highest BCUT2D eigenvalue weighted by Crippen LogP contribution is 2.31. The summed E-state index contributed by atoms with van der Waals surface area (Å²) in [5.41, 5.74) is 0. The molecule has 116 valence electrons. The number of carboxylic acid groups (broad SMARTS) is 1. The highest BCUT2D eigenvalue weighted by Gasteiger charge is 2.27. The molecule has 0 radical (unpaired) electrons. The van der Waals surface area contributed by atoms with Crippen molar-refractivity contribution >= 4 is 16.0 Å². The number of sulfonamides is 1. The molecule has 1 atom stereocenters. The highest BCUT2D eigenvalue weighted by atomic mass is 32.2. The second-order valence-corrected chi connectivity index (χ2v) is 6.93. The van der Waals surface area contributed by atoms with Crippen LogP contribution in [0.1, 0.15) is 6.42 Å². The number of fused-ring (bicyclic) bond motifs is 1. The van der Waals surface area contributed by atoms with E-state index in [0.29, 0.717) is 11.5 Å². The third kappa shape index (κ3) is 4.08. The fourth-order valence-electron chi connectivity index (χ4n) is 1.93. The summed E-state index contributed by atoms with van der Waals surface area (Å²) < 4.78 is 36.1. The molecule has 1 aromatic carbocycles. The minimum Gasteiger partial charge on any atom is -0.486 e. The quantitative estimate of drug-likeness (QED) is 0.824. The van der Waals surface area contributed by atoms with Crippen molar-refractivity contribution in [2.24, 2.45) is 0 Å². The Kier molecular flexibility index (Phi) is 4.69. The number of nitrogens with zero attached hydrogens (tertiary/aromatic N) is 1. The maximum Gasteiger partial charge on any atom is 0.304 e. The molecule has 1 N–H and O–H groups in total. The van der Waals surface area contributed by atoms with E-state index in [9.17, 15) is 13.2 Å². The van der Waals surface area contributed by atoms with Crippen LogP contribution < -0.4 is 9.47 Å². The molecule has 0 aromatic heterocycles. The van der Waals surface area contributed by atoms with Crippen molar-refractivity contribution in [3.63, 3.8) is 0 Å². The molecular formula is C13H17NO6S. The predicted molar refractivity (Wildman–Crippen MR) is 75.0 cm³/mol. The first-order valence-corrected chi connectivity index (χ1v) is 8.03. The van der Waals surface area contributed by atoms with Gasteiger partial charge in [0.25, 0.3) is 0 Å². The van der Waals surface area contributed by atoms with Crippen LogP contribution in [0.5, 0.6) is 11.5 Å². The van der Waals surface area contributed by atoms with Gasteiger partial charge in [-0.25, -0.2) is 12.7 Å². The van der Waals surface area contributed by atoms with E-state index in [0.717, 1.165) is 4.31 Å². The second kappa shape index (κ2) is 6.31. The molecule has 1 aliphatic heterocycles. The maximum atomic E-state index is 11.9. The van der Waals surface area contributed by atoms with Crippen molar-refractivity contribution < 1.29 is 27.8 Å². The van der Waals surface area contributed by atoms with Crippen molar-refractivity contribution in [2.45, 2.75) is 12.5 Å². The predicted octanol–water partition coefficient (Wildman–Crippen LogP) is 0.563. The van der Waals surface area contributed by atoms with Gasteiger partial charge in [-0.2, -0.15) is 0 Å². The number of hydrogen-bond donors (Lipinski definition) is 1. The van der Waals surface area contributed by atoms with Crippen molar-refractivity contribution in [3.05, 3.63) is 24.3 Å². The van der Waals surface area contributed by atoms with Crippen LogP contribution in [0.3, 0.4) is 0 Å². The molecular weight excluding hydrogens is 298 g/mol. The van der Waals surface area contributed by atoms with Crippen LogP contribution in [0.4, 0.5) is 0 Å². The summed E-state index contributed by atoms with van der Waals surface area (Å²) in [6, 6.07) is 7.15. The number of ether oxygens (including phenoxy) is 2. The number of hydrogen-bond acceptors (Lipinski definition) is 5. The number of benzene rings is 1. The van der Waals surface area contributed by atoms with Gasteiger partial charge >= 0.3 is 5.97 Å². The minimum absolute atomic E-state index is 0.107. The molecule has 1 unspecified atom stereocenters. The van der Waals surface area contributed by atoms with E-state index in [4.69, 9.17) is 14.6 Å². The topological polar surface area (TPSA) is 93.1 Å². The summed E-state index contributed by atoms with van der Waals surface area (Å²) in [5.74, 6) is -0.364. The number of carbonyl (C=O) groups is 1. The van der Waals surface area contributed by atoms with Crippen molar-refractivity contribution in [3.8, 4) is 11.5 Å². The van der Waals surface area contributed by atoms with Crippen LogP contribution in [0.2, 0.25) is 0 Å². The number of carboxylic acids is 1. The largest absolute Gasteiger partial charge is 0.486 e. The van der Waals surface area contributed by atoms with Crippen LogP contribution in [0.15, 0.2) is 24.3 Å². The van der Waals surface area contributed by atoms with Gasteiger partial charge in [-0.05, 0) is 12.1 Å². The van der Waals surface area contributed by atoms with E-state index in [1.807, 2.05) is 6.07 Å². The Hall–Kier alpha value is -1.80. The Morgan fingerprint density at radius 3 is 2.71 bits per heavy atom. The highest BCUT2D eigenvalue weighted by molar-refractivity contribution is 7.89. The van der Waals surface area contributed by atoms with E-state index < -0.39 is 34.3 Å². The van der Waals surface area contributed by atoms with Gasteiger partial charge in [-0.1, -0.05) is 12.1 Å². The van der Waals surface area contributed by atoms with E-state index in [-0.39, 0.29) is 13.2 Å². The molecule has 0 saturated heterocycles. The maximum absolute atomic E-state index is 11.9. The van der Waals surface area contributed by atoms with Gasteiger partial charge in [0, 0.05) is 7.05 Å². The lowest BCUT2D eigenvalue weighted by Crippen LogP contribution is -2.42. The molecule has 1 aromatic rings. The van der Waals surface area contributed by atoms with Gasteiger partial charge in [0.15, 0.2) is 11.5 Å². The van der Waals surface area contributed by atoms with Gasteiger partial charge in [0.05, 0.1) is 18.7 Å². The second-order valence-electron chi connectivity index (χ2n) is 4.74. The van der Waals surface area contributed by atoms with E-state index in [1.54, 1.807) is 18.2 Å². The standard InChI is InChI=1S/C13H17NO6S/c1-14(21(17,18)7-6-13(15)16)8-10-9-19-11-4-2-3-5-12(11)20-10/h2-5,10H,6-9H2,1H3,(H,15,16). The third-order valence-corrected chi connectivity index (χ3v) is 4.90. The minimum atomic E-state index is -3.62. The average Bonchev–Trinajstić information content (AvgIpc) is 2.45. The van der Waals surface area contributed by atoms with Gasteiger partial charge in [-0.3, -0.25) is 4.79 Å². The van der Waals surface area contributed by atoms with Crippen molar-refractivity contribution in [1.29, 1.82) is 0 Å². The Bertz CT molecular complexity index is 615. The summed E-state index contributed by atoms with van der Waals surface area (Å²) in [5, 5.41) is 8.56. The Morgan fingerprint density at radius 2 is 2.05 bits per heavy atom. The molecule has 1 heterocycles. The number of aliphatic carboxylic acids is 1. The first kappa shape index (κ1) is 15.6. The third-order valence-electron chi connectivity index (χ3n) is 3.08. The van der Waals surface area contributed by atoms with Crippen LogP contribution >= 0.6 is 0 Å².